The Bertz CT molecular complexity index is 579. The van der Waals surface area contributed by atoms with E-state index >= 15 is 0 Å². The molecule has 0 atom stereocenters. The Balaban J connectivity index is 1.78. The molecule has 7 heteroatoms. The van der Waals surface area contributed by atoms with E-state index in [0.29, 0.717) is 17.8 Å². The van der Waals surface area contributed by atoms with Gasteiger partial charge in [0.2, 0.25) is 0 Å². The zero-order chi connectivity index (χ0) is 19.5. The second kappa shape index (κ2) is 11.6. The molecule has 7 nitrogen and oxygen atoms in total. The Morgan fingerprint density at radius 2 is 1.70 bits per heavy atom. The second-order valence-electron chi connectivity index (χ2n) is 6.70. The highest BCUT2D eigenvalue weighted by Crippen LogP contribution is 2.12. The van der Waals surface area contributed by atoms with Crippen LogP contribution in [-0.2, 0) is 4.74 Å². The first-order chi connectivity index (χ1) is 13.1. The number of hydrogen-bond donors (Lipinski definition) is 2. The summed E-state index contributed by atoms with van der Waals surface area (Å²) < 4.78 is 5.31. The van der Waals surface area contributed by atoms with Crippen molar-refractivity contribution in [3.63, 3.8) is 0 Å². The molecule has 1 aliphatic heterocycles. The van der Waals surface area contributed by atoms with Crippen LogP contribution in [0, 0.1) is 0 Å². The van der Waals surface area contributed by atoms with Crippen molar-refractivity contribution in [2.75, 3.05) is 57.8 Å². The Morgan fingerprint density at radius 1 is 1.07 bits per heavy atom. The molecule has 1 aromatic carbocycles. The molecule has 1 heterocycles. The van der Waals surface area contributed by atoms with Gasteiger partial charge < -0.3 is 20.3 Å². The highest BCUT2D eigenvalue weighted by molar-refractivity contribution is 5.95. The predicted octanol–water partition coefficient (Wildman–Crippen LogP) is 2.40. The van der Waals surface area contributed by atoms with Crippen LogP contribution in [0.15, 0.2) is 24.3 Å². The summed E-state index contributed by atoms with van der Waals surface area (Å²) in [5, 5.41) is 5.67. The molecule has 1 saturated heterocycles. The monoisotopic (exact) mass is 376 g/mol. The maximum absolute atomic E-state index is 12.6. The van der Waals surface area contributed by atoms with Gasteiger partial charge in [-0.25, -0.2) is 4.79 Å². The van der Waals surface area contributed by atoms with Gasteiger partial charge in [-0.05, 0) is 37.1 Å². The van der Waals surface area contributed by atoms with Crippen molar-refractivity contribution < 1.29 is 14.3 Å². The van der Waals surface area contributed by atoms with Crippen LogP contribution in [0.3, 0.4) is 0 Å². The first-order valence-electron chi connectivity index (χ1n) is 9.88. The fraction of sp³-hybridized carbons (Fsp3) is 0.600. The minimum absolute atomic E-state index is 0.0419. The zero-order valence-corrected chi connectivity index (χ0v) is 16.5. The maximum Gasteiger partial charge on any atom is 0.319 e. The lowest BCUT2D eigenvalue weighted by Gasteiger charge is -2.26. The first kappa shape index (κ1) is 21.2. The average Bonchev–Trinajstić information content (AvgIpc) is 2.69. The minimum Gasteiger partial charge on any atom is -0.379 e. The van der Waals surface area contributed by atoms with Crippen molar-refractivity contribution in [3.8, 4) is 0 Å². The lowest BCUT2D eigenvalue weighted by atomic mass is 10.1. The SMILES string of the molecule is CCCN(CCC)C(=O)c1ccc(NC(=O)NCCN2CCOCC2)cc1. The number of carbonyl (C=O) groups excluding carboxylic acids is 2. The lowest BCUT2D eigenvalue weighted by Crippen LogP contribution is -2.42. The molecule has 0 aromatic heterocycles. The van der Waals surface area contributed by atoms with Crippen LogP contribution in [0.1, 0.15) is 37.0 Å². The number of nitrogens with one attached hydrogen (secondary N) is 2. The van der Waals surface area contributed by atoms with Gasteiger partial charge >= 0.3 is 6.03 Å². The Labute approximate surface area is 162 Å². The van der Waals surface area contributed by atoms with Gasteiger partial charge in [0.05, 0.1) is 13.2 Å². The third kappa shape index (κ3) is 7.19. The average molecular weight is 377 g/mol. The summed E-state index contributed by atoms with van der Waals surface area (Å²) in [6.07, 6.45) is 1.88. The van der Waals surface area contributed by atoms with E-state index in [9.17, 15) is 9.59 Å². The lowest BCUT2D eigenvalue weighted by molar-refractivity contribution is 0.0388. The van der Waals surface area contributed by atoms with Crippen molar-refractivity contribution in [2.45, 2.75) is 26.7 Å². The van der Waals surface area contributed by atoms with Crippen LogP contribution in [0.25, 0.3) is 0 Å². The van der Waals surface area contributed by atoms with Gasteiger partial charge in [-0.15, -0.1) is 0 Å². The number of morpholine rings is 1. The largest absolute Gasteiger partial charge is 0.379 e. The van der Waals surface area contributed by atoms with Crippen molar-refractivity contribution >= 4 is 17.6 Å². The van der Waals surface area contributed by atoms with Crippen LogP contribution in [0.2, 0.25) is 0 Å². The molecular formula is C20H32N4O3. The van der Waals surface area contributed by atoms with Crippen LogP contribution in [-0.4, -0.2) is 74.2 Å². The fourth-order valence-electron chi connectivity index (χ4n) is 3.06. The number of benzene rings is 1. The molecule has 2 rings (SSSR count). The molecular weight excluding hydrogens is 344 g/mol. The van der Waals surface area contributed by atoms with E-state index in [4.69, 9.17) is 4.74 Å². The molecule has 0 saturated carbocycles. The van der Waals surface area contributed by atoms with E-state index in [1.165, 1.54) is 0 Å². The van der Waals surface area contributed by atoms with Gasteiger partial charge in [0.15, 0.2) is 0 Å². The standard InChI is InChI=1S/C20H32N4O3/c1-3-10-24(11-4-2)19(25)17-5-7-18(8-6-17)22-20(26)21-9-12-23-13-15-27-16-14-23/h5-8H,3-4,9-16H2,1-2H3,(H2,21,22,26). The van der Waals surface area contributed by atoms with E-state index in [0.717, 1.165) is 58.8 Å². The predicted molar refractivity (Wildman–Crippen MR) is 107 cm³/mol. The van der Waals surface area contributed by atoms with Crippen molar-refractivity contribution in [1.29, 1.82) is 0 Å². The van der Waals surface area contributed by atoms with Crippen LogP contribution >= 0.6 is 0 Å². The van der Waals surface area contributed by atoms with E-state index in [1.54, 1.807) is 24.3 Å². The van der Waals surface area contributed by atoms with Crippen LogP contribution in [0.4, 0.5) is 10.5 Å². The number of nitrogens with zero attached hydrogens (tertiary/aromatic N) is 2. The summed E-state index contributed by atoms with van der Waals surface area (Å²) in [4.78, 5) is 28.7. The fourth-order valence-corrected chi connectivity index (χ4v) is 3.06. The Hall–Kier alpha value is -2.12. The molecule has 1 aromatic rings. The molecule has 3 amide bonds. The molecule has 2 N–H and O–H groups in total. The molecule has 1 aliphatic rings. The normalized spacial score (nSPS) is 14.6. The van der Waals surface area contributed by atoms with E-state index < -0.39 is 0 Å². The second-order valence-corrected chi connectivity index (χ2v) is 6.70. The van der Waals surface area contributed by atoms with Crippen molar-refractivity contribution in [3.05, 3.63) is 29.8 Å². The molecule has 1 fully saturated rings. The number of ether oxygens (including phenoxy) is 1. The molecule has 0 radical (unpaired) electrons. The van der Waals surface area contributed by atoms with Gasteiger partial charge in [0, 0.05) is 50.5 Å². The van der Waals surface area contributed by atoms with Gasteiger partial charge in [-0.2, -0.15) is 0 Å². The van der Waals surface area contributed by atoms with E-state index in [-0.39, 0.29) is 11.9 Å². The number of carbonyl (C=O) groups is 2. The van der Waals surface area contributed by atoms with Gasteiger partial charge in [0.1, 0.15) is 0 Å². The summed E-state index contributed by atoms with van der Waals surface area (Å²) in [5.74, 6) is 0.0419. The van der Waals surface area contributed by atoms with Crippen LogP contribution < -0.4 is 10.6 Å². The number of rotatable bonds is 9. The van der Waals surface area contributed by atoms with Crippen molar-refractivity contribution in [1.82, 2.24) is 15.1 Å². The third-order valence-corrected chi connectivity index (χ3v) is 4.48. The molecule has 0 unspecified atom stereocenters. The minimum atomic E-state index is -0.235. The smallest absolute Gasteiger partial charge is 0.319 e. The topological polar surface area (TPSA) is 73.9 Å². The number of hydrogen-bond acceptors (Lipinski definition) is 4. The summed E-state index contributed by atoms with van der Waals surface area (Å²) in [6.45, 7) is 10.4. The number of urea groups is 1. The number of amides is 3. The molecule has 0 bridgehead atoms. The molecule has 27 heavy (non-hydrogen) atoms. The first-order valence-corrected chi connectivity index (χ1v) is 9.88. The number of anilines is 1. The summed E-state index contributed by atoms with van der Waals surface area (Å²) in [6, 6.07) is 6.84. The van der Waals surface area contributed by atoms with Gasteiger partial charge in [0.25, 0.3) is 5.91 Å². The van der Waals surface area contributed by atoms with Gasteiger partial charge in [-0.1, -0.05) is 13.8 Å². The van der Waals surface area contributed by atoms with E-state index in [1.807, 2.05) is 4.90 Å². The quantitative estimate of drug-likeness (QED) is 0.694. The Kier molecular flexibility index (Phi) is 9.07. The van der Waals surface area contributed by atoms with Crippen molar-refractivity contribution in [2.24, 2.45) is 0 Å². The van der Waals surface area contributed by atoms with Crippen LogP contribution in [0.5, 0.6) is 0 Å². The third-order valence-electron chi connectivity index (χ3n) is 4.48. The maximum atomic E-state index is 12.6. The molecule has 150 valence electrons. The highest BCUT2D eigenvalue weighted by Gasteiger charge is 2.14. The Morgan fingerprint density at radius 3 is 2.30 bits per heavy atom. The zero-order valence-electron chi connectivity index (χ0n) is 16.5. The summed E-state index contributed by atoms with van der Waals surface area (Å²) >= 11 is 0. The van der Waals surface area contributed by atoms with Gasteiger partial charge in [-0.3, -0.25) is 9.69 Å². The summed E-state index contributed by atoms with van der Waals surface area (Å²) in [7, 11) is 0. The summed E-state index contributed by atoms with van der Waals surface area (Å²) in [5.41, 5.74) is 1.32. The molecule has 0 aliphatic carbocycles. The highest BCUT2D eigenvalue weighted by atomic mass is 16.5. The molecule has 0 spiro atoms. The van der Waals surface area contributed by atoms with E-state index in [2.05, 4.69) is 29.4 Å².